The Morgan fingerprint density at radius 3 is 2.75 bits per heavy atom. The van der Waals surface area contributed by atoms with Crippen LogP contribution in [-0.2, 0) is 6.54 Å². The van der Waals surface area contributed by atoms with Gasteiger partial charge in [0.1, 0.15) is 0 Å². The van der Waals surface area contributed by atoms with Crippen LogP contribution in [0.3, 0.4) is 0 Å². The van der Waals surface area contributed by atoms with E-state index in [-0.39, 0.29) is 5.01 Å². The van der Waals surface area contributed by atoms with Gasteiger partial charge in [0.15, 0.2) is 0 Å². The highest BCUT2D eigenvalue weighted by Gasteiger charge is 2.12. The number of carboxylic acids is 1. The van der Waals surface area contributed by atoms with Crippen molar-refractivity contribution in [1.82, 2.24) is 9.88 Å². The minimum absolute atomic E-state index is 0.176. The van der Waals surface area contributed by atoms with Gasteiger partial charge in [-0.25, -0.2) is 9.78 Å². The number of nitrogens with zero attached hydrogens (tertiary/aromatic N) is 2. The van der Waals surface area contributed by atoms with E-state index in [1.165, 1.54) is 11.3 Å². The van der Waals surface area contributed by atoms with Gasteiger partial charge in [-0.3, -0.25) is 4.90 Å². The number of thiazole rings is 1. The van der Waals surface area contributed by atoms with Gasteiger partial charge >= 0.3 is 5.97 Å². The molecule has 0 aliphatic heterocycles. The zero-order chi connectivity index (χ0) is 12.1. The van der Waals surface area contributed by atoms with Crippen molar-refractivity contribution < 1.29 is 9.90 Å². The molecule has 1 aromatic heterocycles. The van der Waals surface area contributed by atoms with Gasteiger partial charge in [0.25, 0.3) is 0 Å². The van der Waals surface area contributed by atoms with Crippen LogP contribution in [0, 0.1) is 5.92 Å². The lowest BCUT2D eigenvalue weighted by Crippen LogP contribution is -2.27. The van der Waals surface area contributed by atoms with E-state index in [1.54, 1.807) is 0 Å². The third-order valence-corrected chi connectivity index (χ3v) is 3.07. The van der Waals surface area contributed by atoms with E-state index in [4.69, 9.17) is 5.11 Å². The Hall–Kier alpha value is -0.940. The van der Waals surface area contributed by atoms with Crippen LogP contribution in [0.4, 0.5) is 0 Å². The summed E-state index contributed by atoms with van der Waals surface area (Å²) in [4.78, 5) is 17.0. The monoisotopic (exact) mass is 242 g/mol. The second-order valence-electron chi connectivity index (χ2n) is 4.17. The van der Waals surface area contributed by atoms with Crippen LogP contribution in [0.5, 0.6) is 0 Å². The number of hydrogen-bond acceptors (Lipinski definition) is 4. The average molecular weight is 242 g/mol. The van der Waals surface area contributed by atoms with Crippen molar-refractivity contribution in [1.29, 1.82) is 0 Å². The summed E-state index contributed by atoms with van der Waals surface area (Å²) in [6.07, 6.45) is 0. The summed E-state index contributed by atoms with van der Waals surface area (Å²) in [5.41, 5.74) is 0.852. The molecular formula is C11H18N2O2S. The van der Waals surface area contributed by atoms with Crippen molar-refractivity contribution in [3.8, 4) is 0 Å². The van der Waals surface area contributed by atoms with Gasteiger partial charge in [0.2, 0.25) is 5.01 Å². The van der Waals surface area contributed by atoms with E-state index in [9.17, 15) is 4.79 Å². The maximum absolute atomic E-state index is 10.7. The zero-order valence-electron chi connectivity index (χ0n) is 9.93. The SMILES string of the molecule is CCN(Cc1csc(C(=O)O)n1)CC(C)C. The first-order valence-electron chi connectivity index (χ1n) is 5.43. The average Bonchev–Trinajstić information content (AvgIpc) is 2.64. The molecule has 0 saturated carbocycles. The van der Waals surface area contributed by atoms with Crippen molar-refractivity contribution in [2.24, 2.45) is 5.92 Å². The number of aromatic nitrogens is 1. The molecule has 0 atom stereocenters. The van der Waals surface area contributed by atoms with Gasteiger partial charge in [-0.1, -0.05) is 20.8 Å². The molecule has 0 amide bonds. The van der Waals surface area contributed by atoms with Gasteiger partial charge in [-0.05, 0) is 12.5 Å². The third-order valence-electron chi connectivity index (χ3n) is 2.19. The van der Waals surface area contributed by atoms with E-state index < -0.39 is 5.97 Å². The van der Waals surface area contributed by atoms with E-state index in [2.05, 4.69) is 30.7 Å². The molecule has 5 heteroatoms. The van der Waals surface area contributed by atoms with Crippen LogP contribution in [0.2, 0.25) is 0 Å². The van der Waals surface area contributed by atoms with Crippen LogP contribution in [0.1, 0.15) is 36.3 Å². The second kappa shape index (κ2) is 5.96. The molecule has 0 aliphatic rings. The van der Waals surface area contributed by atoms with Gasteiger partial charge < -0.3 is 5.11 Å². The Bertz CT molecular complexity index is 350. The van der Waals surface area contributed by atoms with Crippen LogP contribution in [-0.4, -0.2) is 34.0 Å². The molecule has 16 heavy (non-hydrogen) atoms. The highest BCUT2D eigenvalue weighted by atomic mass is 32.1. The molecule has 1 rings (SSSR count). The minimum atomic E-state index is -0.942. The minimum Gasteiger partial charge on any atom is -0.476 e. The van der Waals surface area contributed by atoms with Crippen molar-refractivity contribution in [3.05, 3.63) is 16.1 Å². The van der Waals surface area contributed by atoms with E-state index >= 15 is 0 Å². The second-order valence-corrected chi connectivity index (χ2v) is 5.03. The van der Waals surface area contributed by atoms with E-state index in [0.29, 0.717) is 5.92 Å². The third kappa shape index (κ3) is 3.90. The molecule has 0 fully saturated rings. The van der Waals surface area contributed by atoms with Crippen LogP contribution >= 0.6 is 11.3 Å². The maximum atomic E-state index is 10.7. The molecule has 0 radical (unpaired) electrons. The molecule has 1 aromatic rings. The molecule has 0 spiro atoms. The summed E-state index contributed by atoms with van der Waals surface area (Å²) in [6.45, 7) is 9.15. The fraction of sp³-hybridized carbons (Fsp3) is 0.636. The Labute approximate surface area is 99.9 Å². The normalized spacial score (nSPS) is 11.3. The van der Waals surface area contributed by atoms with Gasteiger partial charge in [-0.2, -0.15) is 0 Å². The molecule has 4 nitrogen and oxygen atoms in total. The summed E-state index contributed by atoms with van der Waals surface area (Å²) in [6, 6.07) is 0. The van der Waals surface area contributed by atoms with Crippen molar-refractivity contribution in [3.63, 3.8) is 0 Å². The molecule has 0 aliphatic carbocycles. The van der Waals surface area contributed by atoms with Crippen LogP contribution < -0.4 is 0 Å². The number of rotatable bonds is 6. The Balaban J connectivity index is 2.59. The molecule has 1 heterocycles. The lowest BCUT2D eigenvalue weighted by Gasteiger charge is -2.21. The topological polar surface area (TPSA) is 53.4 Å². The van der Waals surface area contributed by atoms with Crippen molar-refractivity contribution in [2.45, 2.75) is 27.3 Å². The predicted molar refractivity (Wildman–Crippen MR) is 64.9 cm³/mol. The van der Waals surface area contributed by atoms with Crippen LogP contribution in [0.15, 0.2) is 5.38 Å². The summed E-state index contributed by atoms with van der Waals surface area (Å²) in [5, 5.41) is 10.8. The number of carboxylic acid groups (broad SMARTS) is 1. The zero-order valence-corrected chi connectivity index (χ0v) is 10.8. The summed E-state index contributed by atoms with van der Waals surface area (Å²) >= 11 is 1.19. The lowest BCUT2D eigenvalue weighted by molar-refractivity contribution is 0.0696. The van der Waals surface area contributed by atoms with Gasteiger partial charge in [-0.15, -0.1) is 11.3 Å². The number of aromatic carboxylic acids is 1. The maximum Gasteiger partial charge on any atom is 0.365 e. The van der Waals surface area contributed by atoms with E-state index in [0.717, 1.165) is 25.3 Å². The summed E-state index contributed by atoms with van der Waals surface area (Å²) < 4.78 is 0. The molecule has 90 valence electrons. The fourth-order valence-corrected chi connectivity index (χ4v) is 2.17. The highest BCUT2D eigenvalue weighted by Crippen LogP contribution is 2.12. The van der Waals surface area contributed by atoms with Gasteiger partial charge in [0.05, 0.1) is 5.69 Å². The van der Waals surface area contributed by atoms with Crippen molar-refractivity contribution in [2.75, 3.05) is 13.1 Å². The molecule has 0 bridgehead atoms. The van der Waals surface area contributed by atoms with Crippen LogP contribution in [0.25, 0.3) is 0 Å². The standard InChI is InChI=1S/C11H18N2O2S/c1-4-13(5-8(2)3)6-9-7-16-10(12-9)11(14)15/h7-8H,4-6H2,1-3H3,(H,14,15). The molecule has 0 saturated heterocycles. The summed E-state index contributed by atoms with van der Waals surface area (Å²) in [5.74, 6) is -0.333. The fourth-order valence-electron chi connectivity index (χ4n) is 1.53. The Morgan fingerprint density at radius 2 is 2.31 bits per heavy atom. The quantitative estimate of drug-likeness (QED) is 0.831. The molecule has 0 unspecified atom stereocenters. The predicted octanol–water partition coefficient (Wildman–Crippen LogP) is 2.32. The molecular weight excluding hydrogens is 224 g/mol. The number of carbonyl (C=O) groups is 1. The highest BCUT2D eigenvalue weighted by molar-refractivity contribution is 7.11. The first-order chi connectivity index (χ1) is 7.52. The lowest BCUT2D eigenvalue weighted by atomic mass is 10.2. The van der Waals surface area contributed by atoms with Gasteiger partial charge in [0, 0.05) is 18.5 Å². The first kappa shape index (κ1) is 13.1. The molecule has 1 N–H and O–H groups in total. The van der Waals surface area contributed by atoms with Crippen molar-refractivity contribution >= 4 is 17.3 Å². The molecule has 0 aromatic carbocycles. The number of hydrogen-bond donors (Lipinski definition) is 1. The largest absolute Gasteiger partial charge is 0.476 e. The Kier molecular flexibility index (Phi) is 4.89. The first-order valence-corrected chi connectivity index (χ1v) is 6.31. The summed E-state index contributed by atoms with van der Waals surface area (Å²) in [7, 11) is 0. The van der Waals surface area contributed by atoms with E-state index in [1.807, 2.05) is 5.38 Å². The smallest absolute Gasteiger partial charge is 0.365 e. The Morgan fingerprint density at radius 1 is 1.62 bits per heavy atom.